The molecule has 2 saturated heterocycles. The zero-order valence-corrected chi connectivity index (χ0v) is 12.6. The SMILES string of the molecule is [B]c1ccc(CC(=O)[C@@H]2C3CCC(N3)[C@@H]2C(C)=O)cc1C. The largest absolute Gasteiger partial charge is 0.310 e. The van der Waals surface area contributed by atoms with Crippen molar-refractivity contribution in [2.75, 3.05) is 0 Å². The number of hydrogen-bond donors (Lipinski definition) is 1. The van der Waals surface area contributed by atoms with Gasteiger partial charge in [-0.1, -0.05) is 29.2 Å². The third-order valence-electron chi connectivity index (χ3n) is 5.02. The molecule has 108 valence electrons. The monoisotopic (exact) mass is 281 g/mol. The number of carbonyl (C=O) groups is 2. The predicted molar refractivity (Wildman–Crippen MR) is 82.9 cm³/mol. The van der Waals surface area contributed by atoms with E-state index >= 15 is 0 Å². The lowest BCUT2D eigenvalue weighted by Gasteiger charge is -2.26. The minimum atomic E-state index is -0.154. The third kappa shape index (κ3) is 2.57. The first kappa shape index (κ1) is 14.5. The normalized spacial score (nSPS) is 30.6. The van der Waals surface area contributed by atoms with Gasteiger partial charge in [0.1, 0.15) is 19.4 Å². The molecule has 4 heteroatoms. The molecule has 1 N–H and O–H groups in total. The summed E-state index contributed by atoms with van der Waals surface area (Å²) in [6.45, 7) is 3.56. The molecule has 2 aliphatic rings. The van der Waals surface area contributed by atoms with E-state index in [1.807, 2.05) is 25.1 Å². The van der Waals surface area contributed by atoms with Gasteiger partial charge in [-0.15, -0.1) is 0 Å². The number of aryl methyl sites for hydroxylation is 1. The molecule has 2 bridgehead atoms. The van der Waals surface area contributed by atoms with Crippen LogP contribution in [0.2, 0.25) is 0 Å². The molecule has 2 heterocycles. The number of benzene rings is 1. The Kier molecular flexibility index (Phi) is 3.74. The third-order valence-corrected chi connectivity index (χ3v) is 5.02. The summed E-state index contributed by atoms with van der Waals surface area (Å²) in [7, 11) is 5.81. The van der Waals surface area contributed by atoms with E-state index in [4.69, 9.17) is 7.85 Å². The van der Waals surface area contributed by atoms with Crippen LogP contribution < -0.4 is 10.8 Å². The molecule has 0 spiro atoms. The lowest BCUT2D eigenvalue weighted by molar-refractivity contribution is -0.131. The molecule has 21 heavy (non-hydrogen) atoms. The predicted octanol–water partition coefficient (Wildman–Crippen LogP) is 0.856. The highest BCUT2D eigenvalue weighted by atomic mass is 16.1. The molecular weight excluding hydrogens is 261 g/mol. The summed E-state index contributed by atoms with van der Waals surface area (Å²) in [6.07, 6.45) is 2.41. The van der Waals surface area contributed by atoms with Crippen molar-refractivity contribution in [1.82, 2.24) is 5.32 Å². The van der Waals surface area contributed by atoms with E-state index in [1.54, 1.807) is 6.92 Å². The van der Waals surface area contributed by atoms with Crippen LogP contribution in [0.15, 0.2) is 18.2 Å². The average Bonchev–Trinajstić information content (AvgIpc) is 3.03. The van der Waals surface area contributed by atoms with Gasteiger partial charge in [0.25, 0.3) is 0 Å². The Morgan fingerprint density at radius 1 is 1.24 bits per heavy atom. The molecule has 2 radical (unpaired) electrons. The number of Topliss-reactive ketones (excluding diaryl/α,β-unsaturated/α-hetero) is 2. The maximum absolute atomic E-state index is 12.7. The summed E-state index contributed by atoms with van der Waals surface area (Å²) in [5.41, 5.74) is 2.72. The Morgan fingerprint density at radius 3 is 2.52 bits per heavy atom. The highest BCUT2D eigenvalue weighted by Crippen LogP contribution is 2.39. The van der Waals surface area contributed by atoms with Crippen molar-refractivity contribution in [3.05, 3.63) is 29.3 Å². The van der Waals surface area contributed by atoms with Gasteiger partial charge in [-0.2, -0.15) is 0 Å². The van der Waals surface area contributed by atoms with Crippen LogP contribution in [-0.4, -0.2) is 31.5 Å². The number of nitrogens with one attached hydrogen (secondary N) is 1. The van der Waals surface area contributed by atoms with Crippen LogP contribution in [-0.2, 0) is 16.0 Å². The van der Waals surface area contributed by atoms with Crippen molar-refractivity contribution >= 4 is 24.9 Å². The van der Waals surface area contributed by atoms with E-state index < -0.39 is 0 Å². The van der Waals surface area contributed by atoms with Crippen LogP contribution in [0.5, 0.6) is 0 Å². The summed E-state index contributed by atoms with van der Waals surface area (Å²) in [4.78, 5) is 24.6. The summed E-state index contributed by atoms with van der Waals surface area (Å²) < 4.78 is 0. The van der Waals surface area contributed by atoms with Gasteiger partial charge in [-0.25, -0.2) is 0 Å². The van der Waals surface area contributed by atoms with Crippen LogP contribution in [0.1, 0.15) is 30.9 Å². The maximum Gasteiger partial charge on any atom is 0.142 e. The molecular formula is C17H20BNO2. The van der Waals surface area contributed by atoms with Crippen LogP contribution in [0.25, 0.3) is 0 Å². The molecule has 1 aromatic rings. The van der Waals surface area contributed by atoms with Crippen LogP contribution in [0.3, 0.4) is 0 Å². The summed E-state index contributed by atoms with van der Waals surface area (Å²) in [5, 5.41) is 3.43. The van der Waals surface area contributed by atoms with Gasteiger partial charge in [-0.3, -0.25) is 9.59 Å². The van der Waals surface area contributed by atoms with E-state index in [-0.39, 0.29) is 35.5 Å². The number of fused-ring (bicyclic) bond motifs is 2. The molecule has 2 aliphatic heterocycles. The zero-order valence-electron chi connectivity index (χ0n) is 12.6. The van der Waals surface area contributed by atoms with Gasteiger partial charge in [0.15, 0.2) is 0 Å². The molecule has 2 unspecified atom stereocenters. The molecule has 3 nitrogen and oxygen atoms in total. The van der Waals surface area contributed by atoms with Gasteiger partial charge in [-0.05, 0) is 32.3 Å². The maximum atomic E-state index is 12.7. The molecule has 2 fully saturated rings. The van der Waals surface area contributed by atoms with E-state index in [9.17, 15) is 9.59 Å². The number of hydrogen-bond acceptors (Lipinski definition) is 3. The topological polar surface area (TPSA) is 46.2 Å². The smallest absolute Gasteiger partial charge is 0.142 e. The Bertz CT molecular complexity index is 598. The molecule has 0 aliphatic carbocycles. The van der Waals surface area contributed by atoms with Crippen molar-refractivity contribution in [2.24, 2.45) is 11.8 Å². The van der Waals surface area contributed by atoms with Crippen molar-refractivity contribution in [3.8, 4) is 0 Å². The van der Waals surface area contributed by atoms with E-state index in [2.05, 4.69) is 5.32 Å². The average molecular weight is 281 g/mol. The zero-order chi connectivity index (χ0) is 15.1. The number of carbonyl (C=O) groups excluding carboxylic acids is 2. The standard InChI is InChI=1S/C17H20BNO2/c1-9-7-11(3-4-12(9)18)8-15(21)17-14-6-5-13(19-14)16(17)10(2)20/h3-4,7,13-14,16-17,19H,5-6,8H2,1-2H3/t13?,14?,16-,17-/m0/s1. The minimum Gasteiger partial charge on any atom is -0.310 e. The number of rotatable bonds is 4. The molecule has 4 atom stereocenters. The van der Waals surface area contributed by atoms with Crippen molar-refractivity contribution in [1.29, 1.82) is 0 Å². The van der Waals surface area contributed by atoms with E-state index in [1.165, 1.54) is 0 Å². The fourth-order valence-corrected chi connectivity index (χ4v) is 4.00. The van der Waals surface area contributed by atoms with Gasteiger partial charge in [0, 0.05) is 30.3 Å². The van der Waals surface area contributed by atoms with Gasteiger partial charge in [0.2, 0.25) is 0 Å². The summed E-state index contributed by atoms with van der Waals surface area (Å²) >= 11 is 0. The van der Waals surface area contributed by atoms with E-state index in [0.29, 0.717) is 6.42 Å². The quantitative estimate of drug-likeness (QED) is 0.832. The van der Waals surface area contributed by atoms with Crippen molar-refractivity contribution < 1.29 is 9.59 Å². The van der Waals surface area contributed by atoms with Crippen LogP contribution in [0, 0.1) is 18.8 Å². The second-order valence-corrected chi connectivity index (χ2v) is 6.45. The molecule has 0 aromatic heterocycles. The first-order valence-corrected chi connectivity index (χ1v) is 7.61. The van der Waals surface area contributed by atoms with Crippen LogP contribution in [0.4, 0.5) is 0 Å². The lowest BCUT2D eigenvalue weighted by atomic mass is 9.74. The Morgan fingerprint density at radius 2 is 1.90 bits per heavy atom. The van der Waals surface area contributed by atoms with Crippen LogP contribution >= 0.6 is 0 Å². The fourth-order valence-electron chi connectivity index (χ4n) is 4.00. The van der Waals surface area contributed by atoms with Gasteiger partial charge >= 0.3 is 0 Å². The molecule has 1 aromatic carbocycles. The highest BCUT2D eigenvalue weighted by molar-refractivity contribution is 6.33. The van der Waals surface area contributed by atoms with Crippen molar-refractivity contribution in [2.45, 2.75) is 45.2 Å². The van der Waals surface area contributed by atoms with E-state index in [0.717, 1.165) is 29.4 Å². The first-order valence-electron chi connectivity index (χ1n) is 7.61. The van der Waals surface area contributed by atoms with Gasteiger partial charge < -0.3 is 5.32 Å². The van der Waals surface area contributed by atoms with Gasteiger partial charge in [0.05, 0.1) is 0 Å². The Labute approximate surface area is 126 Å². The minimum absolute atomic E-state index is 0.133. The Balaban J connectivity index is 1.78. The lowest BCUT2D eigenvalue weighted by Crippen LogP contribution is -2.38. The first-order chi connectivity index (χ1) is 9.97. The van der Waals surface area contributed by atoms with Crippen molar-refractivity contribution in [3.63, 3.8) is 0 Å². The summed E-state index contributed by atoms with van der Waals surface area (Å²) in [6, 6.07) is 6.11. The molecule has 0 amide bonds. The molecule has 0 saturated carbocycles. The second kappa shape index (κ2) is 5.41. The Hall–Kier alpha value is -1.42. The highest BCUT2D eigenvalue weighted by Gasteiger charge is 2.51. The fraction of sp³-hybridized carbons (Fsp3) is 0.529. The second-order valence-electron chi connectivity index (χ2n) is 6.45. The number of ketones is 2. The molecule has 3 rings (SSSR count). The summed E-state index contributed by atoms with van der Waals surface area (Å²) in [5.74, 6) is 0.0332.